The maximum atomic E-state index is 10.2. The second-order valence-electron chi connectivity index (χ2n) is 2.33. The topological polar surface area (TPSA) is 98.6 Å². The van der Waals surface area contributed by atoms with Crippen molar-refractivity contribution in [2.24, 2.45) is 11.5 Å². The van der Waals surface area contributed by atoms with E-state index in [1.165, 1.54) is 0 Å². The van der Waals surface area contributed by atoms with Crippen molar-refractivity contribution >= 4 is 5.97 Å². The lowest BCUT2D eigenvalue weighted by Crippen LogP contribution is -2.29. The Morgan fingerprint density at radius 2 is 2.23 bits per heavy atom. The molecule has 74 valence electrons. The first-order valence-corrected chi connectivity index (χ1v) is 3.90. The van der Waals surface area contributed by atoms with Gasteiger partial charge in [-0.15, -0.1) is 11.8 Å². The maximum absolute atomic E-state index is 10.2. The molecule has 5 nitrogen and oxygen atoms in total. The molecule has 0 unspecified atom stereocenters. The number of hydrogen-bond acceptors (Lipinski definition) is 4. The number of carboxylic acids is 1. The van der Waals surface area contributed by atoms with Crippen LogP contribution in [-0.4, -0.2) is 30.5 Å². The SMILES string of the molecule is NCOCCC#CC[C@H](N)C(=O)O. The lowest BCUT2D eigenvalue weighted by atomic mass is 10.2. The average molecular weight is 186 g/mol. The molecule has 13 heavy (non-hydrogen) atoms. The van der Waals surface area contributed by atoms with Crippen LogP contribution in [0.2, 0.25) is 0 Å². The Bertz CT molecular complexity index is 207. The van der Waals surface area contributed by atoms with E-state index in [4.69, 9.17) is 21.3 Å². The summed E-state index contributed by atoms with van der Waals surface area (Å²) in [6, 6.07) is -0.900. The second-order valence-corrected chi connectivity index (χ2v) is 2.33. The number of aliphatic carboxylic acids is 1. The Labute approximate surface area is 77.0 Å². The molecule has 0 saturated heterocycles. The van der Waals surface area contributed by atoms with Gasteiger partial charge in [0, 0.05) is 12.8 Å². The van der Waals surface area contributed by atoms with Crippen molar-refractivity contribution < 1.29 is 14.6 Å². The van der Waals surface area contributed by atoms with Crippen LogP contribution >= 0.6 is 0 Å². The molecule has 0 aliphatic heterocycles. The maximum Gasteiger partial charge on any atom is 0.321 e. The summed E-state index contributed by atoms with van der Waals surface area (Å²) in [5.41, 5.74) is 10.3. The molecule has 0 fully saturated rings. The van der Waals surface area contributed by atoms with Crippen LogP contribution in [0.1, 0.15) is 12.8 Å². The fourth-order valence-corrected chi connectivity index (χ4v) is 0.564. The molecule has 0 bridgehead atoms. The molecule has 0 heterocycles. The molecule has 0 aromatic rings. The zero-order valence-corrected chi connectivity index (χ0v) is 7.32. The van der Waals surface area contributed by atoms with Crippen molar-refractivity contribution in [2.75, 3.05) is 13.3 Å². The Morgan fingerprint density at radius 3 is 2.77 bits per heavy atom. The number of carboxylic acid groups (broad SMARTS) is 1. The first-order chi connectivity index (χ1) is 6.18. The van der Waals surface area contributed by atoms with Gasteiger partial charge in [-0.05, 0) is 0 Å². The number of nitrogens with two attached hydrogens (primary N) is 2. The highest BCUT2D eigenvalue weighted by molar-refractivity contribution is 5.73. The lowest BCUT2D eigenvalue weighted by molar-refractivity contribution is -0.138. The van der Waals surface area contributed by atoms with Gasteiger partial charge in [0.1, 0.15) is 6.04 Å². The van der Waals surface area contributed by atoms with Crippen LogP contribution in [0.3, 0.4) is 0 Å². The molecule has 0 aliphatic carbocycles. The minimum atomic E-state index is -1.03. The van der Waals surface area contributed by atoms with Crippen LogP contribution in [-0.2, 0) is 9.53 Å². The summed E-state index contributed by atoms with van der Waals surface area (Å²) in [6.45, 7) is 0.641. The molecule has 0 aliphatic rings. The summed E-state index contributed by atoms with van der Waals surface area (Å²) in [7, 11) is 0. The summed E-state index contributed by atoms with van der Waals surface area (Å²) >= 11 is 0. The smallest absolute Gasteiger partial charge is 0.321 e. The fourth-order valence-electron chi connectivity index (χ4n) is 0.564. The molecular formula is C8H14N2O3. The number of ether oxygens (including phenoxy) is 1. The van der Waals surface area contributed by atoms with Crippen molar-refractivity contribution in [2.45, 2.75) is 18.9 Å². The van der Waals surface area contributed by atoms with Crippen molar-refractivity contribution in [3.05, 3.63) is 0 Å². The van der Waals surface area contributed by atoms with E-state index in [1.807, 2.05) is 0 Å². The highest BCUT2D eigenvalue weighted by atomic mass is 16.5. The van der Waals surface area contributed by atoms with Gasteiger partial charge in [-0.2, -0.15) is 0 Å². The zero-order chi connectivity index (χ0) is 10.1. The monoisotopic (exact) mass is 186 g/mol. The van der Waals surface area contributed by atoms with Crippen LogP contribution in [0.5, 0.6) is 0 Å². The van der Waals surface area contributed by atoms with Crippen LogP contribution in [0, 0.1) is 11.8 Å². The van der Waals surface area contributed by atoms with Crippen LogP contribution in [0.15, 0.2) is 0 Å². The third-order valence-electron chi connectivity index (χ3n) is 1.25. The summed E-state index contributed by atoms with van der Waals surface area (Å²) in [6.07, 6.45) is 0.710. The first kappa shape index (κ1) is 11.9. The van der Waals surface area contributed by atoms with Gasteiger partial charge >= 0.3 is 5.97 Å². The standard InChI is InChI=1S/C8H14N2O3/c9-6-13-5-3-1-2-4-7(10)8(11)12/h7H,3-6,9-10H2,(H,11,12)/t7-/m0/s1. The third-order valence-corrected chi connectivity index (χ3v) is 1.25. The molecule has 0 rings (SSSR count). The van der Waals surface area contributed by atoms with Gasteiger partial charge in [0.05, 0.1) is 13.3 Å². The summed E-state index contributed by atoms with van der Waals surface area (Å²) < 4.78 is 4.82. The van der Waals surface area contributed by atoms with Crippen molar-refractivity contribution in [1.82, 2.24) is 0 Å². The van der Waals surface area contributed by atoms with Crippen LogP contribution in [0.25, 0.3) is 0 Å². The van der Waals surface area contributed by atoms with E-state index >= 15 is 0 Å². The van der Waals surface area contributed by atoms with Crippen molar-refractivity contribution in [3.63, 3.8) is 0 Å². The highest BCUT2D eigenvalue weighted by Crippen LogP contribution is 1.86. The minimum Gasteiger partial charge on any atom is -0.480 e. The Hall–Kier alpha value is -1.09. The van der Waals surface area contributed by atoms with E-state index in [2.05, 4.69) is 11.8 Å². The zero-order valence-electron chi connectivity index (χ0n) is 7.32. The molecule has 1 atom stereocenters. The van der Waals surface area contributed by atoms with Gasteiger partial charge in [-0.25, -0.2) is 0 Å². The predicted octanol–water partition coefficient (Wildman–Crippen LogP) is -0.885. The fraction of sp³-hybridized carbons (Fsp3) is 0.625. The normalized spacial score (nSPS) is 11.5. The van der Waals surface area contributed by atoms with E-state index in [9.17, 15) is 4.79 Å². The second kappa shape index (κ2) is 7.55. The van der Waals surface area contributed by atoms with Crippen molar-refractivity contribution in [1.29, 1.82) is 0 Å². The quantitative estimate of drug-likeness (QED) is 0.294. The molecule has 5 N–H and O–H groups in total. The molecule has 0 radical (unpaired) electrons. The van der Waals surface area contributed by atoms with Gasteiger partial charge in [0.2, 0.25) is 0 Å². The molecular weight excluding hydrogens is 172 g/mol. The largest absolute Gasteiger partial charge is 0.480 e. The van der Waals surface area contributed by atoms with Crippen LogP contribution in [0.4, 0.5) is 0 Å². The van der Waals surface area contributed by atoms with E-state index in [0.29, 0.717) is 13.0 Å². The number of rotatable bonds is 5. The number of hydrogen-bond donors (Lipinski definition) is 3. The van der Waals surface area contributed by atoms with Gasteiger partial charge in [-0.3, -0.25) is 4.79 Å². The molecule has 0 saturated carbocycles. The van der Waals surface area contributed by atoms with Gasteiger partial charge in [0.25, 0.3) is 0 Å². The Kier molecular flexibility index (Phi) is 6.92. The molecule has 0 aromatic heterocycles. The number of carbonyl (C=O) groups is 1. The highest BCUT2D eigenvalue weighted by Gasteiger charge is 2.07. The lowest BCUT2D eigenvalue weighted by Gasteiger charge is -1.98. The van der Waals surface area contributed by atoms with Gasteiger partial charge in [0.15, 0.2) is 0 Å². The summed E-state index contributed by atoms with van der Waals surface area (Å²) in [4.78, 5) is 10.2. The van der Waals surface area contributed by atoms with E-state index in [1.54, 1.807) is 0 Å². The Morgan fingerprint density at radius 1 is 1.54 bits per heavy atom. The van der Waals surface area contributed by atoms with Gasteiger partial charge in [-0.1, -0.05) is 0 Å². The van der Waals surface area contributed by atoms with Gasteiger partial charge < -0.3 is 21.3 Å². The molecule has 0 spiro atoms. The van der Waals surface area contributed by atoms with E-state index in [-0.39, 0.29) is 13.2 Å². The minimum absolute atomic E-state index is 0.165. The summed E-state index contributed by atoms with van der Waals surface area (Å²) in [5.74, 6) is 4.35. The predicted molar refractivity (Wildman–Crippen MR) is 47.6 cm³/mol. The molecule has 0 amide bonds. The Balaban J connectivity index is 3.44. The van der Waals surface area contributed by atoms with E-state index in [0.717, 1.165) is 0 Å². The first-order valence-electron chi connectivity index (χ1n) is 3.90. The molecule has 0 aromatic carbocycles. The van der Waals surface area contributed by atoms with E-state index < -0.39 is 12.0 Å². The average Bonchev–Trinajstić information content (AvgIpc) is 2.10. The third kappa shape index (κ3) is 7.28. The summed E-state index contributed by atoms with van der Waals surface area (Å²) in [5, 5.41) is 8.39. The van der Waals surface area contributed by atoms with Crippen LogP contribution < -0.4 is 11.5 Å². The van der Waals surface area contributed by atoms with Crippen molar-refractivity contribution in [3.8, 4) is 11.8 Å². The molecule has 5 heteroatoms.